The van der Waals surface area contributed by atoms with Crippen LogP contribution in [0.25, 0.3) is 0 Å². The number of rotatable bonds is 1. The second-order valence-corrected chi connectivity index (χ2v) is 4.92. The van der Waals surface area contributed by atoms with Crippen molar-refractivity contribution >= 4 is 5.82 Å². The molecule has 0 aromatic carbocycles. The Morgan fingerprint density at radius 1 is 1.20 bits per heavy atom. The topological polar surface area (TPSA) is 51.8 Å². The zero-order valence-electron chi connectivity index (χ0n) is 9.16. The summed E-state index contributed by atoms with van der Waals surface area (Å²) in [6.07, 6.45) is 5.89. The zero-order chi connectivity index (χ0) is 10.4. The van der Waals surface area contributed by atoms with Crippen LogP contribution in [0.15, 0.2) is 0 Å². The molecule has 0 saturated heterocycles. The molecule has 2 aliphatic carbocycles. The molecule has 1 aromatic rings. The summed E-state index contributed by atoms with van der Waals surface area (Å²) in [6.45, 7) is 2.25. The number of fused-ring (bicyclic) bond motifs is 1. The van der Waals surface area contributed by atoms with Crippen molar-refractivity contribution in [1.29, 1.82) is 0 Å². The summed E-state index contributed by atoms with van der Waals surface area (Å²) in [5, 5.41) is 0. The lowest BCUT2D eigenvalue weighted by atomic mass is 9.96. The first-order valence-electron chi connectivity index (χ1n) is 5.91. The van der Waals surface area contributed by atoms with Crippen molar-refractivity contribution in [2.45, 2.75) is 44.9 Å². The molecule has 3 heteroatoms. The molecule has 3 nitrogen and oxygen atoms in total. The Morgan fingerprint density at radius 3 is 2.67 bits per heavy atom. The molecule has 2 unspecified atom stereocenters. The summed E-state index contributed by atoms with van der Waals surface area (Å²) in [4.78, 5) is 9.16. The minimum absolute atomic E-state index is 0.583. The van der Waals surface area contributed by atoms with E-state index in [2.05, 4.69) is 11.9 Å². The molecule has 1 heterocycles. The van der Waals surface area contributed by atoms with Crippen LogP contribution in [0.1, 0.15) is 49.2 Å². The van der Waals surface area contributed by atoms with Crippen LogP contribution < -0.4 is 5.73 Å². The van der Waals surface area contributed by atoms with Crippen LogP contribution in [0, 0.1) is 5.92 Å². The summed E-state index contributed by atoms with van der Waals surface area (Å²) in [5.74, 6) is 3.08. The van der Waals surface area contributed by atoms with Gasteiger partial charge in [-0.05, 0) is 38.0 Å². The molecule has 0 spiro atoms. The Hall–Kier alpha value is -1.12. The summed E-state index contributed by atoms with van der Waals surface area (Å²) in [5.41, 5.74) is 8.45. The highest BCUT2D eigenvalue weighted by molar-refractivity contribution is 5.44. The smallest absolute Gasteiger partial charge is 0.134 e. The second-order valence-electron chi connectivity index (χ2n) is 4.92. The third-order valence-corrected chi connectivity index (χ3v) is 3.67. The number of aryl methyl sites for hydroxylation is 1. The third-order valence-electron chi connectivity index (χ3n) is 3.67. The van der Waals surface area contributed by atoms with Crippen LogP contribution in [0.2, 0.25) is 0 Å². The Balaban J connectivity index is 2.01. The minimum atomic E-state index is 0.583. The molecule has 1 aromatic heterocycles. The highest BCUT2D eigenvalue weighted by atomic mass is 15.0. The van der Waals surface area contributed by atoms with Crippen LogP contribution in [0.5, 0.6) is 0 Å². The van der Waals surface area contributed by atoms with E-state index in [4.69, 9.17) is 10.7 Å². The first kappa shape index (κ1) is 9.13. The minimum Gasteiger partial charge on any atom is -0.383 e. The van der Waals surface area contributed by atoms with Crippen molar-refractivity contribution in [3.63, 3.8) is 0 Å². The van der Waals surface area contributed by atoms with Crippen molar-refractivity contribution in [3.8, 4) is 0 Å². The van der Waals surface area contributed by atoms with Gasteiger partial charge in [0.25, 0.3) is 0 Å². The largest absolute Gasteiger partial charge is 0.383 e. The molecule has 2 atom stereocenters. The SMILES string of the molecule is CC1CC1c1nc(N)c2c(n1)CCCC2. The fraction of sp³-hybridized carbons (Fsp3) is 0.667. The number of anilines is 1. The molecule has 1 saturated carbocycles. The molecule has 0 amide bonds. The summed E-state index contributed by atoms with van der Waals surface area (Å²) >= 11 is 0. The maximum atomic E-state index is 6.00. The highest BCUT2D eigenvalue weighted by Gasteiger charge is 2.37. The maximum absolute atomic E-state index is 6.00. The summed E-state index contributed by atoms with van der Waals surface area (Å²) in [6, 6.07) is 0. The van der Waals surface area contributed by atoms with Crippen LogP contribution in [-0.4, -0.2) is 9.97 Å². The van der Waals surface area contributed by atoms with E-state index in [0.717, 1.165) is 30.4 Å². The van der Waals surface area contributed by atoms with Crippen molar-refractivity contribution < 1.29 is 0 Å². The van der Waals surface area contributed by atoms with E-state index in [1.165, 1.54) is 30.5 Å². The van der Waals surface area contributed by atoms with Gasteiger partial charge in [0.05, 0.1) is 0 Å². The van der Waals surface area contributed by atoms with Crippen LogP contribution in [0.3, 0.4) is 0 Å². The van der Waals surface area contributed by atoms with Crippen LogP contribution in [0.4, 0.5) is 5.82 Å². The predicted octanol–water partition coefficient (Wildman–Crippen LogP) is 2.06. The maximum Gasteiger partial charge on any atom is 0.134 e. The van der Waals surface area contributed by atoms with Gasteiger partial charge in [0.2, 0.25) is 0 Å². The van der Waals surface area contributed by atoms with E-state index >= 15 is 0 Å². The summed E-state index contributed by atoms with van der Waals surface area (Å²) in [7, 11) is 0. The molecule has 2 aliphatic rings. The predicted molar refractivity (Wildman–Crippen MR) is 59.6 cm³/mol. The fourth-order valence-electron chi connectivity index (χ4n) is 2.49. The quantitative estimate of drug-likeness (QED) is 0.760. The highest BCUT2D eigenvalue weighted by Crippen LogP contribution is 2.46. The van der Waals surface area contributed by atoms with E-state index in [1.54, 1.807) is 0 Å². The lowest BCUT2D eigenvalue weighted by Crippen LogP contribution is -2.13. The van der Waals surface area contributed by atoms with Crippen molar-refractivity contribution in [2.24, 2.45) is 5.92 Å². The lowest BCUT2D eigenvalue weighted by Gasteiger charge is -2.17. The van der Waals surface area contributed by atoms with Gasteiger partial charge in [-0.1, -0.05) is 6.92 Å². The number of nitrogens with two attached hydrogens (primary N) is 1. The van der Waals surface area contributed by atoms with Gasteiger partial charge in [0, 0.05) is 17.2 Å². The number of hydrogen-bond acceptors (Lipinski definition) is 3. The Bertz CT molecular complexity index is 400. The zero-order valence-corrected chi connectivity index (χ0v) is 9.16. The van der Waals surface area contributed by atoms with Gasteiger partial charge in [-0.3, -0.25) is 0 Å². The van der Waals surface area contributed by atoms with Crippen molar-refractivity contribution in [3.05, 3.63) is 17.1 Å². The van der Waals surface area contributed by atoms with Gasteiger partial charge in [-0.2, -0.15) is 0 Å². The summed E-state index contributed by atoms with van der Waals surface area (Å²) < 4.78 is 0. The first-order valence-corrected chi connectivity index (χ1v) is 5.91. The molecule has 80 valence electrons. The lowest BCUT2D eigenvalue weighted by molar-refractivity contribution is 0.654. The Morgan fingerprint density at radius 2 is 1.93 bits per heavy atom. The van der Waals surface area contributed by atoms with Gasteiger partial charge in [-0.25, -0.2) is 9.97 Å². The third kappa shape index (κ3) is 1.50. The van der Waals surface area contributed by atoms with E-state index in [0.29, 0.717) is 5.92 Å². The number of hydrogen-bond donors (Lipinski definition) is 1. The number of aromatic nitrogens is 2. The second kappa shape index (κ2) is 3.19. The van der Waals surface area contributed by atoms with Gasteiger partial charge >= 0.3 is 0 Å². The normalized spacial score (nSPS) is 28.6. The molecule has 0 bridgehead atoms. The average molecular weight is 203 g/mol. The van der Waals surface area contributed by atoms with E-state index in [9.17, 15) is 0 Å². The fourth-order valence-corrected chi connectivity index (χ4v) is 2.49. The molecule has 15 heavy (non-hydrogen) atoms. The Kier molecular flexibility index (Phi) is 1.94. The van der Waals surface area contributed by atoms with Crippen LogP contribution in [-0.2, 0) is 12.8 Å². The molecular formula is C12H17N3. The number of nitrogens with zero attached hydrogens (tertiary/aromatic N) is 2. The van der Waals surface area contributed by atoms with Crippen molar-refractivity contribution in [1.82, 2.24) is 9.97 Å². The molecule has 2 N–H and O–H groups in total. The van der Waals surface area contributed by atoms with E-state index < -0.39 is 0 Å². The van der Waals surface area contributed by atoms with E-state index in [-0.39, 0.29) is 0 Å². The average Bonchev–Trinajstić information content (AvgIpc) is 2.96. The molecular weight excluding hydrogens is 186 g/mol. The van der Waals surface area contributed by atoms with E-state index in [1.807, 2.05) is 0 Å². The number of nitrogen functional groups attached to an aromatic ring is 1. The molecule has 0 aliphatic heterocycles. The molecule has 1 fully saturated rings. The van der Waals surface area contributed by atoms with Gasteiger partial charge in [0.15, 0.2) is 0 Å². The van der Waals surface area contributed by atoms with Crippen LogP contribution >= 0.6 is 0 Å². The monoisotopic (exact) mass is 203 g/mol. The Labute approximate surface area is 90.1 Å². The standard InChI is InChI=1S/C12H17N3/c1-7-6-9(7)12-14-10-5-3-2-4-8(10)11(13)15-12/h7,9H,2-6H2,1H3,(H2,13,14,15). The van der Waals surface area contributed by atoms with Crippen molar-refractivity contribution in [2.75, 3.05) is 5.73 Å². The molecule has 0 radical (unpaired) electrons. The van der Waals surface area contributed by atoms with Gasteiger partial charge < -0.3 is 5.73 Å². The first-order chi connectivity index (χ1) is 7.25. The van der Waals surface area contributed by atoms with Gasteiger partial charge in [-0.15, -0.1) is 0 Å². The molecule has 3 rings (SSSR count). The van der Waals surface area contributed by atoms with Gasteiger partial charge in [0.1, 0.15) is 11.6 Å².